The van der Waals surface area contributed by atoms with E-state index in [4.69, 9.17) is 11.5 Å². The molecule has 8 nitrogen and oxygen atoms in total. The Balaban J connectivity index is 2.07. The summed E-state index contributed by atoms with van der Waals surface area (Å²) in [6.07, 6.45) is 6.41. The Bertz CT molecular complexity index is 1140. The molecule has 1 aromatic carbocycles. The molecule has 0 atom stereocenters. The number of carbonyl (C=O) groups excluding carboxylic acids is 1. The number of nitrogens with two attached hydrogens (primary N) is 2. The van der Waals surface area contributed by atoms with Crippen molar-refractivity contribution in [2.45, 2.75) is 6.92 Å². The van der Waals surface area contributed by atoms with E-state index < -0.39 is 5.91 Å². The van der Waals surface area contributed by atoms with E-state index in [0.717, 1.165) is 22.0 Å². The lowest BCUT2D eigenvalue weighted by molar-refractivity contribution is 0.0996. The number of nitrogen functional groups attached to an aromatic ring is 1. The number of primary amides is 1. The molecule has 4 rings (SSSR count). The summed E-state index contributed by atoms with van der Waals surface area (Å²) in [4.78, 5) is 24.5. The zero-order chi connectivity index (χ0) is 18.3. The Morgan fingerprint density at radius 2 is 2.00 bits per heavy atom. The van der Waals surface area contributed by atoms with Gasteiger partial charge in [0.25, 0.3) is 5.91 Å². The molecule has 0 aliphatic rings. The van der Waals surface area contributed by atoms with E-state index in [-0.39, 0.29) is 11.4 Å². The second-order valence-electron chi connectivity index (χ2n) is 5.86. The highest BCUT2D eigenvalue weighted by Gasteiger charge is 2.20. The van der Waals surface area contributed by atoms with Crippen molar-refractivity contribution in [3.05, 3.63) is 54.2 Å². The number of benzene rings is 1. The normalized spacial score (nSPS) is 11.0. The number of hydrogen-bond donors (Lipinski definition) is 3. The van der Waals surface area contributed by atoms with Crippen molar-refractivity contribution in [2.75, 3.05) is 5.73 Å². The molecule has 0 spiro atoms. The molecular weight excluding hydrogens is 330 g/mol. The number of aromatic nitrogens is 5. The maximum absolute atomic E-state index is 11.9. The summed E-state index contributed by atoms with van der Waals surface area (Å²) in [5.41, 5.74) is 16.3. The molecule has 26 heavy (non-hydrogen) atoms. The van der Waals surface area contributed by atoms with Crippen LogP contribution in [0.25, 0.3) is 33.4 Å². The number of anilines is 1. The van der Waals surface area contributed by atoms with Crippen LogP contribution in [-0.2, 0) is 0 Å². The lowest BCUT2D eigenvalue weighted by atomic mass is 9.94. The summed E-state index contributed by atoms with van der Waals surface area (Å²) in [6.45, 7) is 1.97. The molecule has 0 unspecified atom stereocenters. The number of carbonyl (C=O) groups is 1. The number of aromatic amines is 1. The maximum Gasteiger partial charge on any atom is 0.269 e. The highest BCUT2D eigenvalue weighted by molar-refractivity contribution is 6.05. The fourth-order valence-corrected chi connectivity index (χ4v) is 3.00. The smallest absolute Gasteiger partial charge is 0.269 e. The maximum atomic E-state index is 11.9. The summed E-state index contributed by atoms with van der Waals surface area (Å²) in [6, 6.07) is 5.69. The highest BCUT2D eigenvalue weighted by Crippen LogP contribution is 2.37. The Labute approximate surface area is 148 Å². The number of amides is 1. The SMILES string of the molecule is Cc1ccc2[nH]ncc2c1-c1cc(-c2cnccn2)nc(C(N)=O)c1N. The van der Waals surface area contributed by atoms with Crippen LogP contribution < -0.4 is 11.5 Å². The van der Waals surface area contributed by atoms with Crippen LogP contribution in [0.15, 0.2) is 43.0 Å². The molecule has 8 heteroatoms. The molecule has 0 bridgehead atoms. The fraction of sp³-hybridized carbons (Fsp3) is 0.0556. The van der Waals surface area contributed by atoms with Crippen LogP contribution in [0.5, 0.6) is 0 Å². The average Bonchev–Trinajstić information content (AvgIpc) is 3.11. The van der Waals surface area contributed by atoms with Gasteiger partial charge in [-0.1, -0.05) is 6.07 Å². The molecule has 3 heterocycles. The minimum atomic E-state index is -0.702. The van der Waals surface area contributed by atoms with Crippen molar-refractivity contribution in [1.29, 1.82) is 0 Å². The number of fused-ring (bicyclic) bond motifs is 1. The number of nitrogens with zero attached hydrogens (tertiary/aromatic N) is 4. The first kappa shape index (κ1) is 15.7. The molecule has 0 aliphatic heterocycles. The van der Waals surface area contributed by atoms with Gasteiger partial charge in [0.2, 0.25) is 0 Å². The molecule has 4 aromatic rings. The number of rotatable bonds is 3. The highest BCUT2D eigenvalue weighted by atomic mass is 16.1. The third-order valence-electron chi connectivity index (χ3n) is 4.22. The average molecular weight is 345 g/mol. The molecule has 0 saturated carbocycles. The van der Waals surface area contributed by atoms with E-state index in [1.807, 2.05) is 19.1 Å². The topological polar surface area (TPSA) is 136 Å². The first-order valence-corrected chi connectivity index (χ1v) is 7.86. The van der Waals surface area contributed by atoms with Crippen LogP contribution in [0.2, 0.25) is 0 Å². The van der Waals surface area contributed by atoms with E-state index in [1.165, 1.54) is 0 Å². The van der Waals surface area contributed by atoms with Crippen molar-refractivity contribution in [1.82, 2.24) is 25.1 Å². The fourth-order valence-electron chi connectivity index (χ4n) is 3.00. The van der Waals surface area contributed by atoms with E-state index in [9.17, 15) is 4.79 Å². The molecule has 5 N–H and O–H groups in total. The standard InChI is InChI=1S/C18H15N7O/c1-9-2-3-12-11(7-23-25-12)15(9)10-6-13(14-8-21-4-5-22-14)24-17(16(10)19)18(20)26/h2-8H,19H2,1H3,(H2,20,26)(H,23,25). The Hall–Kier alpha value is -3.81. The van der Waals surface area contributed by atoms with Gasteiger partial charge in [0.1, 0.15) is 5.69 Å². The predicted molar refractivity (Wildman–Crippen MR) is 98.0 cm³/mol. The molecule has 128 valence electrons. The monoisotopic (exact) mass is 345 g/mol. The van der Waals surface area contributed by atoms with Gasteiger partial charge < -0.3 is 11.5 Å². The van der Waals surface area contributed by atoms with E-state index in [2.05, 4.69) is 25.1 Å². The number of pyridine rings is 1. The van der Waals surface area contributed by atoms with E-state index in [0.29, 0.717) is 17.0 Å². The molecule has 0 fully saturated rings. The number of nitrogens with one attached hydrogen (secondary N) is 1. The van der Waals surface area contributed by atoms with Crippen molar-refractivity contribution < 1.29 is 4.79 Å². The van der Waals surface area contributed by atoms with Gasteiger partial charge in [-0.3, -0.25) is 19.9 Å². The predicted octanol–water partition coefficient (Wildman–Crippen LogP) is 2.07. The van der Waals surface area contributed by atoms with Gasteiger partial charge in [0.15, 0.2) is 5.69 Å². The van der Waals surface area contributed by atoms with Crippen LogP contribution >= 0.6 is 0 Å². The van der Waals surface area contributed by atoms with Gasteiger partial charge in [0.05, 0.1) is 29.3 Å². The quantitative estimate of drug-likeness (QED) is 0.520. The molecule has 0 saturated heterocycles. The zero-order valence-corrected chi connectivity index (χ0v) is 13.9. The van der Waals surface area contributed by atoms with Gasteiger partial charge in [-0.05, 0) is 30.2 Å². The minimum Gasteiger partial charge on any atom is -0.396 e. The van der Waals surface area contributed by atoms with Crippen molar-refractivity contribution in [3.63, 3.8) is 0 Å². The summed E-state index contributed by atoms with van der Waals surface area (Å²) in [5.74, 6) is -0.702. The number of hydrogen-bond acceptors (Lipinski definition) is 6. The van der Waals surface area contributed by atoms with Gasteiger partial charge >= 0.3 is 0 Å². The summed E-state index contributed by atoms with van der Waals surface area (Å²) < 4.78 is 0. The van der Waals surface area contributed by atoms with Gasteiger partial charge in [-0.15, -0.1) is 0 Å². The molecule has 3 aromatic heterocycles. The lowest BCUT2D eigenvalue weighted by Gasteiger charge is -2.14. The van der Waals surface area contributed by atoms with Gasteiger partial charge in [-0.25, -0.2) is 4.98 Å². The van der Waals surface area contributed by atoms with Crippen LogP contribution in [0.3, 0.4) is 0 Å². The van der Waals surface area contributed by atoms with Crippen molar-refractivity contribution >= 4 is 22.5 Å². The summed E-state index contributed by atoms with van der Waals surface area (Å²) >= 11 is 0. The third-order valence-corrected chi connectivity index (χ3v) is 4.22. The van der Waals surface area contributed by atoms with Crippen molar-refractivity contribution in [3.8, 4) is 22.5 Å². The van der Waals surface area contributed by atoms with E-state index >= 15 is 0 Å². The van der Waals surface area contributed by atoms with Crippen LogP contribution in [0.1, 0.15) is 16.1 Å². The van der Waals surface area contributed by atoms with Crippen LogP contribution in [0.4, 0.5) is 5.69 Å². The number of H-pyrrole nitrogens is 1. The number of aryl methyl sites for hydroxylation is 1. The van der Waals surface area contributed by atoms with Crippen LogP contribution in [-0.4, -0.2) is 31.1 Å². The molecule has 0 aliphatic carbocycles. The molecular formula is C18H15N7O. The van der Waals surface area contributed by atoms with Crippen molar-refractivity contribution in [2.24, 2.45) is 5.73 Å². The van der Waals surface area contributed by atoms with Gasteiger partial charge in [0, 0.05) is 23.3 Å². The first-order valence-electron chi connectivity index (χ1n) is 7.86. The Morgan fingerprint density at radius 1 is 1.15 bits per heavy atom. The summed E-state index contributed by atoms with van der Waals surface area (Å²) in [7, 11) is 0. The first-order chi connectivity index (χ1) is 12.6. The lowest BCUT2D eigenvalue weighted by Crippen LogP contribution is -2.17. The molecule has 1 amide bonds. The Kier molecular flexibility index (Phi) is 3.58. The van der Waals surface area contributed by atoms with Gasteiger partial charge in [-0.2, -0.15) is 5.10 Å². The second kappa shape index (κ2) is 5.92. The third kappa shape index (κ3) is 2.44. The summed E-state index contributed by atoms with van der Waals surface area (Å²) in [5, 5.41) is 7.93. The largest absolute Gasteiger partial charge is 0.396 e. The Morgan fingerprint density at radius 3 is 2.73 bits per heavy atom. The molecule has 0 radical (unpaired) electrons. The van der Waals surface area contributed by atoms with E-state index in [1.54, 1.807) is 30.9 Å². The minimum absolute atomic E-state index is 0.00283. The zero-order valence-electron chi connectivity index (χ0n) is 13.9. The second-order valence-corrected chi connectivity index (χ2v) is 5.86. The van der Waals surface area contributed by atoms with Crippen LogP contribution in [0, 0.1) is 6.92 Å².